The first-order valence-electron chi connectivity index (χ1n) is 6.86. The maximum atomic E-state index is 12.6. The number of esters is 2. The standard InChI is InChI=1S/C15H16F4O4/c1-2-10-5-3-4-6-11(10)23-13(21)8-7-12(20)22-9-15(18,19)14(16)17/h3-6,14H,2,7-9H2,1H3. The van der Waals surface area contributed by atoms with Crippen LogP contribution in [0.3, 0.4) is 0 Å². The zero-order valence-corrected chi connectivity index (χ0v) is 12.4. The molecular weight excluding hydrogens is 320 g/mol. The van der Waals surface area contributed by atoms with Crippen LogP contribution in [0.15, 0.2) is 24.3 Å². The van der Waals surface area contributed by atoms with E-state index in [-0.39, 0.29) is 0 Å². The summed E-state index contributed by atoms with van der Waals surface area (Å²) in [6, 6.07) is 6.79. The molecule has 0 fully saturated rings. The van der Waals surface area contributed by atoms with Crippen molar-refractivity contribution in [2.24, 2.45) is 0 Å². The average molecular weight is 336 g/mol. The van der Waals surface area contributed by atoms with Crippen molar-refractivity contribution in [3.63, 3.8) is 0 Å². The summed E-state index contributed by atoms with van der Waals surface area (Å²) in [4.78, 5) is 22.8. The summed E-state index contributed by atoms with van der Waals surface area (Å²) in [5, 5.41) is 0. The van der Waals surface area contributed by atoms with Gasteiger partial charge in [-0.2, -0.15) is 8.78 Å². The highest BCUT2D eigenvalue weighted by Gasteiger charge is 2.42. The van der Waals surface area contributed by atoms with Crippen molar-refractivity contribution in [1.29, 1.82) is 0 Å². The van der Waals surface area contributed by atoms with Gasteiger partial charge in [0.05, 0.1) is 12.8 Å². The molecule has 0 unspecified atom stereocenters. The van der Waals surface area contributed by atoms with Crippen LogP contribution in [0.5, 0.6) is 5.75 Å². The summed E-state index contributed by atoms with van der Waals surface area (Å²) >= 11 is 0. The number of rotatable bonds is 8. The van der Waals surface area contributed by atoms with Crippen molar-refractivity contribution in [3.8, 4) is 5.75 Å². The fourth-order valence-corrected chi connectivity index (χ4v) is 1.59. The largest absolute Gasteiger partial charge is 0.459 e. The van der Waals surface area contributed by atoms with Gasteiger partial charge in [0.1, 0.15) is 5.75 Å². The summed E-state index contributed by atoms with van der Waals surface area (Å²) in [5.74, 6) is -5.98. The third-order valence-electron chi connectivity index (χ3n) is 2.86. The van der Waals surface area contributed by atoms with Crippen molar-refractivity contribution >= 4 is 11.9 Å². The van der Waals surface area contributed by atoms with Gasteiger partial charge in [0, 0.05) is 0 Å². The van der Waals surface area contributed by atoms with Crippen molar-refractivity contribution in [3.05, 3.63) is 29.8 Å². The molecule has 0 aliphatic rings. The van der Waals surface area contributed by atoms with Crippen LogP contribution in [0.2, 0.25) is 0 Å². The minimum absolute atomic E-state index is 0.345. The maximum Gasteiger partial charge on any atom is 0.340 e. The van der Waals surface area contributed by atoms with Crippen LogP contribution in [-0.4, -0.2) is 30.9 Å². The Morgan fingerprint density at radius 3 is 2.35 bits per heavy atom. The molecule has 0 saturated carbocycles. The molecule has 0 heterocycles. The molecule has 1 aromatic carbocycles. The first kappa shape index (κ1) is 18.9. The molecule has 0 spiro atoms. The van der Waals surface area contributed by atoms with Crippen LogP contribution in [-0.2, 0) is 20.7 Å². The molecule has 0 aliphatic heterocycles. The van der Waals surface area contributed by atoms with E-state index in [0.717, 1.165) is 5.56 Å². The van der Waals surface area contributed by atoms with Crippen LogP contribution in [0.4, 0.5) is 17.6 Å². The molecule has 0 atom stereocenters. The molecule has 0 aromatic heterocycles. The molecule has 1 aromatic rings. The highest BCUT2D eigenvalue weighted by Crippen LogP contribution is 2.23. The number of halogens is 4. The van der Waals surface area contributed by atoms with Gasteiger partial charge < -0.3 is 9.47 Å². The first-order valence-corrected chi connectivity index (χ1v) is 6.86. The van der Waals surface area contributed by atoms with Crippen LogP contribution >= 0.6 is 0 Å². The molecular formula is C15H16F4O4. The van der Waals surface area contributed by atoms with Crippen LogP contribution in [0, 0.1) is 0 Å². The van der Waals surface area contributed by atoms with E-state index in [1.807, 2.05) is 6.92 Å². The number of alkyl halides is 4. The number of carbonyl (C=O) groups excluding carboxylic acids is 2. The van der Waals surface area contributed by atoms with Gasteiger partial charge in [-0.05, 0) is 18.1 Å². The second kappa shape index (κ2) is 8.50. The maximum absolute atomic E-state index is 12.6. The molecule has 128 valence electrons. The lowest BCUT2D eigenvalue weighted by Gasteiger charge is -2.14. The Morgan fingerprint density at radius 2 is 1.74 bits per heavy atom. The Labute approximate surface area is 130 Å². The minimum Gasteiger partial charge on any atom is -0.459 e. The average Bonchev–Trinajstić information content (AvgIpc) is 2.51. The van der Waals surface area contributed by atoms with Gasteiger partial charge in [-0.3, -0.25) is 9.59 Å². The molecule has 0 bridgehead atoms. The zero-order valence-electron chi connectivity index (χ0n) is 12.4. The smallest absolute Gasteiger partial charge is 0.340 e. The van der Waals surface area contributed by atoms with E-state index in [1.54, 1.807) is 24.3 Å². The molecule has 0 radical (unpaired) electrons. The lowest BCUT2D eigenvalue weighted by molar-refractivity contribution is -0.180. The molecule has 1 rings (SSSR count). The number of aryl methyl sites for hydroxylation is 1. The van der Waals surface area contributed by atoms with Gasteiger partial charge in [-0.25, -0.2) is 8.78 Å². The van der Waals surface area contributed by atoms with E-state index in [4.69, 9.17) is 4.74 Å². The normalized spacial score (nSPS) is 11.4. The van der Waals surface area contributed by atoms with Crippen molar-refractivity contribution in [2.75, 3.05) is 6.61 Å². The van der Waals surface area contributed by atoms with E-state index in [9.17, 15) is 27.2 Å². The van der Waals surface area contributed by atoms with Crippen LogP contribution in [0.1, 0.15) is 25.3 Å². The Bertz CT molecular complexity index is 546. The summed E-state index contributed by atoms with van der Waals surface area (Å²) < 4.78 is 58.0. The highest BCUT2D eigenvalue weighted by atomic mass is 19.3. The number of para-hydroxylation sites is 1. The molecule has 4 nitrogen and oxygen atoms in total. The number of ether oxygens (including phenoxy) is 2. The highest BCUT2D eigenvalue weighted by molar-refractivity contribution is 5.79. The molecule has 0 amide bonds. The Balaban J connectivity index is 2.40. The van der Waals surface area contributed by atoms with Crippen molar-refractivity contribution in [1.82, 2.24) is 0 Å². The fraction of sp³-hybridized carbons (Fsp3) is 0.467. The quantitative estimate of drug-likeness (QED) is 0.415. The van der Waals surface area contributed by atoms with Gasteiger partial charge >= 0.3 is 24.3 Å². The third-order valence-corrected chi connectivity index (χ3v) is 2.86. The Morgan fingerprint density at radius 1 is 1.13 bits per heavy atom. The first-order chi connectivity index (χ1) is 10.8. The number of benzene rings is 1. The van der Waals surface area contributed by atoms with Crippen LogP contribution in [0.25, 0.3) is 0 Å². The van der Waals surface area contributed by atoms with Crippen LogP contribution < -0.4 is 4.74 Å². The molecule has 23 heavy (non-hydrogen) atoms. The number of hydrogen-bond acceptors (Lipinski definition) is 4. The summed E-state index contributed by atoms with van der Waals surface area (Å²) in [5.41, 5.74) is 0.792. The van der Waals surface area contributed by atoms with Crippen molar-refractivity contribution in [2.45, 2.75) is 38.5 Å². The van der Waals surface area contributed by atoms with E-state index >= 15 is 0 Å². The van der Waals surface area contributed by atoms with E-state index in [1.165, 1.54) is 0 Å². The minimum atomic E-state index is -4.41. The molecule has 0 aliphatic carbocycles. The molecule has 8 heteroatoms. The van der Waals surface area contributed by atoms with E-state index in [2.05, 4.69) is 4.74 Å². The van der Waals surface area contributed by atoms with Gasteiger partial charge in [0.25, 0.3) is 0 Å². The Hall–Kier alpha value is -2.12. The lowest BCUT2D eigenvalue weighted by atomic mass is 10.1. The summed E-state index contributed by atoms with van der Waals surface area (Å²) in [6.07, 6.45) is -4.23. The van der Waals surface area contributed by atoms with E-state index < -0.39 is 43.7 Å². The lowest BCUT2D eigenvalue weighted by Crippen LogP contribution is -2.33. The van der Waals surface area contributed by atoms with E-state index in [0.29, 0.717) is 12.2 Å². The van der Waals surface area contributed by atoms with Gasteiger partial charge in [0.15, 0.2) is 6.61 Å². The van der Waals surface area contributed by atoms with Gasteiger partial charge in [-0.15, -0.1) is 0 Å². The number of carbonyl (C=O) groups is 2. The predicted molar refractivity (Wildman–Crippen MR) is 72.6 cm³/mol. The third kappa shape index (κ3) is 6.25. The predicted octanol–water partition coefficient (Wildman–Crippen LogP) is 3.38. The second-order valence-electron chi connectivity index (χ2n) is 4.66. The van der Waals surface area contributed by atoms with Gasteiger partial charge in [0.2, 0.25) is 0 Å². The van der Waals surface area contributed by atoms with Gasteiger partial charge in [-0.1, -0.05) is 25.1 Å². The molecule has 0 N–H and O–H groups in total. The topological polar surface area (TPSA) is 52.6 Å². The monoisotopic (exact) mass is 336 g/mol. The van der Waals surface area contributed by atoms with Crippen molar-refractivity contribution < 1.29 is 36.6 Å². The number of hydrogen-bond donors (Lipinski definition) is 0. The SMILES string of the molecule is CCc1ccccc1OC(=O)CCC(=O)OCC(F)(F)C(F)F. The summed E-state index contributed by atoms with van der Waals surface area (Å²) in [7, 11) is 0. The fourth-order valence-electron chi connectivity index (χ4n) is 1.59. The summed E-state index contributed by atoms with van der Waals surface area (Å²) in [6.45, 7) is 0.143. The Kier molecular flexibility index (Phi) is 6.99. The second-order valence-corrected chi connectivity index (χ2v) is 4.66. The zero-order chi connectivity index (χ0) is 17.5. The molecule has 0 saturated heterocycles.